The van der Waals surface area contributed by atoms with E-state index in [1.807, 2.05) is 20.8 Å². The third-order valence-corrected chi connectivity index (χ3v) is 3.25. The molecule has 1 heterocycles. The van der Waals surface area contributed by atoms with Crippen molar-refractivity contribution in [3.63, 3.8) is 0 Å². The van der Waals surface area contributed by atoms with Crippen LogP contribution in [0.1, 0.15) is 54.4 Å². The van der Waals surface area contributed by atoms with Gasteiger partial charge in [-0.25, -0.2) is 4.79 Å². The summed E-state index contributed by atoms with van der Waals surface area (Å²) in [5.41, 5.74) is -0.462. The number of ketones is 1. The molecule has 1 unspecified atom stereocenters. The van der Waals surface area contributed by atoms with Gasteiger partial charge in [0.05, 0.1) is 13.2 Å². The summed E-state index contributed by atoms with van der Waals surface area (Å²) < 4.78 is 10.8. The molecule has 0 bridgehead atoms. The Kier molecular flexibility index (Phi) is 5.79. The molecule has 0 N–H and O–H groups in total. The van der Waals surface area contributed by atoms with Gasteiger partial charge in [0.25, 0.3) is 0 Å². The SMILES string of the molecule is CC(C)(C)CCC(=O)C1COCCN1C(=O)OC(C)(C)C. The van der Waals surface area contributed by atoms with Gasteiger partial charge < -0.3 is 9.47 Å². The quantitative estimate of drug-likeness (QED) is 0.804. The van der Waals surface area contributed by atoms with Crippen LogP contribution in [-0.2, 0) is 14.3 Å². The second-order valence-electron chi connectivity index (χ2n) is 7.79. The molecule has 5 heteroatoms. The third kappa shape index (κ3) is 6.46. The Morgan fingerprint density at radius 2 is 1.81 bits per heavy atom. The fraction of sp³-hybridized carbons (Fsp3) is 0.875. The van der Waals surface area contributed by atoms with Gasteiger partial charge in [-0.1, -0.05) is 20.8 Å². The van der Waals surface area contributed by atoms with E-state index in [1.165, 1.54) is 4.90 Å². The van der Waals surface area contributed by atoms with Gasteiger partial charge in [-0.2, -0.15) is 0 Å². The Morgan fingerprint density at radius 3 is 2.33 bits per heavy atom. The molecule has 0 aliphatic carbocycles. The smallest absolute Gasteiger partial charge is 0.411 e. The van der Waals surface area contributed by atoms with Crippen LogP contribution in [0, 0.1) is 5.41 Å². The van der Waals surface area contributed by atoms with Crippen LogP contribution in [0.25, 0.3) is 0 Å². The lowest BCUT2D eigenvalue weighted by Gasteiger charge is -2.36. The lowest BCUT2D eigenvalue weighted by atomic mass is 9.88. The normalized spacial score (nSPS) is 20.3. The van der Waals surface area contributed by atoms with Crippen molar-refractivity contribution in [3.05, 3.63) is 0 Å². The van der Waals surface area contributed by atoms with Crippen LogP contribution in [0.3, 0.4) is 0 Å². The first-order valence-electron chi connectivity index (χ1n) is 7.60. The highest BCUT2D eigenvalue weighted by atomic mass is 16.6. The fourth-order valence-electron chi connectivity index (χ4n) is 2.07. The number of hydrogen-bond acceptors (Lipinski definition) is 4. The second kappa shape index (κ2) is 6.77. The van der Waals surface area contributed by atoms with E-state index >= 15 is 0 Å². The average Bonchev–Trinajstić information content (AvgIpc) is 2.33. The highest BCUT2D eigenvalue weighted by molar-refractivity contribution is 5.87. The molecule has 0 aromatic heterocycles. The van der Waals surface area contributed by atoms with E-state index in [4.69, 9.17) is 9.47 Å². The van der Waals surface area contributed by atoms with Crippen molar-refractivity contribution in [2.24, 2.45) is 5.41 Å². The summed E-state index contributed by atoms with van der Waals surface area (Å²) in [5, 5.41) is 0. The molecular formula is C16H29NO4. The standard InChI is InChI=1S/C16H29NO4/c1-15(2,3)8-7-13(18)12-11-20-10-9-17(12)14(19)21-16(4,5)6/h12H,7-11H2,1-6H3. The fourth-order valence-corrected chi connectivity index (χ4v) is 2.07. The van der Waals surface area contributed by atoms with Crippen LogP contribution in [0.5, 0.6) is 0 Å². The number of carbonyl (C=O) groups excluding carboxylic acids is 2. The van der Waals surface area contributed by atoms with Crippen molar-refractivity contribution in [3.8, 4) is 0 Å². The van der Waals surface area contributed by atoms with E-state index in [0.29, 0.717) is 19.6 Å². The van der Waals surface area contributed by atoms with Crippen molar-refractivity contribution in [1.82, 2.24) is 4.90 Å². The molecule has 0 spiro atoms. The summed E-state index contributed by atoms with van der Waals surface area (Å²) in [6.45, 7) is 12.9. The molecule has 1 amide bonds. The van der Waals surface area contributed by atoms with E-state index in [9.17, 15) is 9.59 Å². The minimum atomic E-state index is -0.561. The first-order valence-corrected chi connectivity index (χ1v) is 7.60. The Hall–Kier alpha value is -1.10. The molecule has 0 saturated carbocycles. The molecule has 0 aromatic rings. The number of hydrogen-bond donors (Lipinski definition) is 0. The first kappa shape index (κ1) is 18.0. The Balaban J connectivity index is 2.68. The number of nitrogens with zero attached hydrogens (tertiary/aromatic N) is 1. The maximum atomic E-state index is 12.4. The van der Waals surface area contributed by atoms with Crippen molar-refractivity contribution in [2.75, 3.05) is 19.8 Å². The van der Waals surface area contributed by atoms with Crippen molar-refractivity contribution < 1.29 is 19.1 Å². The maximum absolute atomic E-state index is 12.4. The first-order chi connectivity index (χ1) is 9.49. The number of rotatable bonds is 3. The minimum absolute atomic E-state index is 0.0514. The monoisotopic (exact) mass is 299 g/mol. The van der Waals surface area contributed by atoms with Crippen LogP contribution in [0.2, 0.25) is 0 Å². The number of carbonyl (C=O) groups is 2. The average molecular weight is 299 g/mol. The van der Waals surface area contributed by atoms with Crippen LogP contribution in [0.4, 0.5) is 4.79 Å². The zero-order valence-electron chi connectivity index (χ0n) is 14.2. The van der Waals surface area contributed by atoms with Gasteiger partial charge >= 0.3 is 6.09 Å². The van der Waals surface area contributed by atoms with E-state index < -0.39 is 17.7 Å². The molecule has 122 valence electrons. The summed E-state index contributed by atoms with van der Waals surface area (Å²) >= 11 is 0. The van der Waals surface area contributed by atoms with Crippen LogP contribution in [-0.4, -0.2) is 48.2 Å². The molecule has 0 radical (unpaired) electrons. The van der Waals surface area contributed by atoms with Crippen LogP contribution < -0.4 is 0 Å². The Bertz CT molecular complexity index is 379. The number of morpholine rings is 1. The van der Waals surface area contributed by atoms with Crippen molar-refractivity contribution in [2.45, 2.75) is 66.0 Å². The van der Waals surface area contributed by atoms with Crippen molar-refractivity contribution in [1.29, 1.82) is 0 Å². The number of amides is 1. The summed E-state index contributed by atoms with van der Waals surface area (Å²) in [6, 6.07) is -0.518. The van der Waals surface area contributed by atoms with E-state index in [1.54, 1.807) is 0 Å². The predicted octanol–water partition coefficient (Wildman–Crippen LogP) is 3.02. The number of ether oxygens (including phenoxy) is 2. The van der Waals surface area contributed by atoms with Gasteiger partial charge in [0.15, 0.2) is 5.78 Å². The van der Waals surface area contributed by atoms with Gasteiger partial charge in [0.2, 0.25) is 0 Å². The lowest BCUT2D eigenvalue weighted by molar-refractivity contribution is -0.130. The molecule has 1 rings (SSSR count). The largest absolute Gasteiger partial charge is 0.444 e. The second-order valence-corrected chi connectivity index (χ2v) is 7.79. The zero-order valence-corrected chi connectivity index (χ0v) is 14.2. The van der Waals surface area contributed by atoms with Crippen molar-refractivity contribution >= 4 is 11.9 Å². The molecule has 1 atom stereocenters. The zero-order chi connectivity index (χ0) is 16.3. The molecular weight excluding hydrogens is 270 g/mol. The summed E-state index contributed by atoms with van der Waals surface area (Å²) in [4.78, 5) is 26.1. The van der Waals surface area contributed by atoms with Gasteiger partial charge in [0.1, 0.15) is 11.6 Å². The van der Waals surface area contributed by atoms with Gasteiger partial charge in [-0.15, -0.1) is 0 Å². The third-order valence-electron chi connectivity index (χ3n) is 3.25. The van der Waals surface area contributed by atoms with Crippen LogP contribution in [0.15, 0.2) is 0 Å². The summed E-state index contributed by atoms with van der Waals surface area (Å²) in [5.74, 6) is 0.0514. The molecule has 1 saturated heterocycles. The van der Waals surface area contributed by atoms with Gasteiger partial charge in [0, 0.05) is 13.0 Å². The van der Waals surface area contributed by atoms with E-state index in [0.717, 1.165) is 6.42 Å². The Morgan fingerprint density at radius 1 is 1.19 bits per heavy atom. The molecule has 1 fully saturated rings. The predicted molar refractivity (Wildman–Crippen MR) is 81.2 cm³/mol. The molecule has 0 aromatic carbocycles. The minimum Gasteiger partial charge on any atom is -0.444 e. The van der Waals surface area contributed by atoms with E-state index in [2.05, 4.69) is 20.8 Å². The molecule has 21 heavy (non-hydrogen) atoms. The molecule has 5 nitrogen and oxygen atoms in total. The lowest BCUT2D eigenvalue weighted by Crippen LogP contribution is -2.53. The molecule has 1 aliphatic heterocycles. The number of Topliss-reactive ketones (excluding diaryl/α,β-unsaturated/α-hetero) is 1. The van der Waals surface area contributed by atoms with Crippen LogP contribution >= 0.6 is 0 Å². The van der Waals surface area contributed by atoms with E-state index in [-0.39, 0.29) is 17.8 Å². The maximum Gasteiger partial charge on any atom is 0.411 e. The highest BCUT2D eigenvalue weighted by Gasteiger charge is 2.35. The molecule has 1 aliphatic rings. The highest BCUT2D eigenvalue weighted by Crippen LogP contribution is 2.23. The Labute approximate surface area is 128 Å². The summed E-state index contributed by atoms with van der Waals surface area (Å²) in [6.07, 6.45) is 0.821. The summed E-state index contributed by atoms with van der Waals surface area (Å²) in [7, 11) is 0. The topological polar surface area (TPSA) is 55.8 Å². The van der Waals surface area contributed by atoms with Gasteiger partial charge in [-0.3, -0.25) is 9.69 Å². The van der Waals surface area contributed by atoms with Gasteiger partial charge in [-0.05, 0) is 32.6 Å².